The van der Waals surface area contributed by atoms with E-state index in [4.69, 9.17) is 32.7 Å². The molecule has 0 atom stereocenters. The topological polar surface area (TPSA) is 86.7 Å². The largest absolute Gasteiger partial charge is 0.378 e. The van der Waals surface area contributed by atoms with Gasteiger partial charge in [-0.15, -0.1) is 23.2 Å². The number of rotatable bonds is 13. The van der Waals surface area contributed by atoms with Crippen LogP contribution in [0.15, 0.2) is 0 Å². The molecule has 10 heteroatoms. The van der Waals surface area contributed by atoms with Crippen molar-refractivity contribution >= 4 is 42.9 Å². The predicted molar refractivity (Wildman–Crippen MR) is 80.4 cm³/mol. The van der Waals surface area contributed by atoms with Gasteiger partial charge in [0.05, 0.1) is 49.4 Å². The van der Waals surface area contributed by atoms with Crippen LogP contribution in [0.3, 0.4) is 0 Å². The quantitative estimate of drug-likeness (QED) is 0.343. The van der Waals surface area contributed by atoms with Crippen LogP contribution >= 0.6 is 23.2 Å². The minimum Gasteiger partial charge on any atom is -0.378 e. The average molecular weight is 371 g/mol. The number of halogens is 2. The predicted octanol–water partition coefficient (Wildman–Crippen LogP) is 0.327. The normalized spacial score (nSPS) is 12.7. The second kappa shape index (κ2) is 11.0. The molecule has 0 aromatic carbocycles. The lowest BCUT2D eigenvalue weighted by Crippen LogP contribution is -2.19. The molecule has 0 N–H and O–H groups in total. The van der Waals surface area contributed by atoms with Crippen molar-refractivity contribution in [2.75, 3.05) is 61.2 Å². The van der Waals surface area contributed by atoms with Gasteiger partial charge < -0.3 is 9.47 Å². The Morgan fingerprint density at radius 3 is 1.25 bits per heavy atom. The lowest BCUT2D eigenvalue weighted by Gasteiger charge is -2.06. The Morgan fingerprint density at radius 2 is 0.950 bits per heavy atom. The van der Waals surface area contributed by atoms with Gasteiger partial charge in [-0.25, -0.2) is 16.8 Å². The van der Waals surface area contributed by atoms with E-state index in [0.717, 1.165) is 0 Å². The molecule has 0 aliphatic heterocycles. The van der Waals surface area contributed by atoms with Crippen LogP contribution in [0, 0.1) is 0 Å². The van der Waals surface area contributed by atoms with Crippen LogP contribution in [0.25, 0.3) is 0 Å². The van der Waals surface area contributed by atoms with Gasteiger partial charge in [0.1, 0.15) is 0 Å². The SMILES string of the molecule is O=S(=O)(CCCl)CCOCCOCCS(=O)(=O)CCCl. The highest BCUT2D eigenvalue weighted by molar-refractivity contribution is 7.91. The highest BCUT2D eigenvalue weighted by Crippen LogP contribution is 1.94. The third-order valence-corrected chi connectivity index (χ3v) is 6.28. The van der Waals surface area contributed by atoms with Crippen LogP contribution in [-0.2, 0) is 29.1 Å². The summed E-state index contributed by atoms with van der Waals surface area (Å²) in [4.78, 5) is 0. The van der Waals surface area contributed by atoms with Crippen LogP contribution in [-0.4, -0.2) is 78.0 Å². The van der Waals surface area contributed by atoms with Gasteiger partial charge in [0.15, 0.2) is 19.7 Å². The smallest absolute Gasteiger partial charge is 0.153 e. The first kappa shape index (κ1) is 20.4. The van der Waals surface area contributed by atoms with E-state index in [1.165, 1.54) is 0 Å². The van der Waals surface area contributed by atoms with Crippen LogP contribution in [0.5, 0.6) is 0 Å². The van der Waals surface area contributed by atoms with Crippen molar-refractivity contribution in [1.82, 2.24) is 0 Å². The summed E-state index contributed by atoms with van der Waals surface area (Å²) >= 11 is 10.7. The summed E-state index contributed by atoms with van der Waals surface area (Å²) in [6.07, 6.45) is 0. The number of ether oxygens (including phenoxy) is 2. The molecule has 0 bridgehead atoms. The van der Waals surface area contributed by atoms with Gasteiger partial charge in [-0.05, 0) is 0 Å². The van der Waals surface area contributed by atoms with Crippen molar-refractivity contribution in [2.45, 2.75) is 0 Å². The van der Waals surface area contributed by atoms with E-state index in [1.54, 1.807) is 0 Å². The van der Waals surface area contributed by atoms with Crippen molar-refractivity contribution in [3.05, 3.63) is 0 Å². The maximum atomic E-state index is 11.3. The van der Waals surface area contributed by atoms with Gasteiger partial charge in [0.2, 0.25) is 0 Å². The van der Waals surface area contributed by atoms with Gasteiger partial charge in [0, 0.05) is 11.8 Å². The van der Waals surface area contributed by atoms with Crippen molar-refractivity contribution in [3.63, 3.8) is 0 Å². The van der Waals surface area contributed by atoms with Crippen LogP contribution in [0.1, 0.15) is 0 Å². The van der Waals surface area contributed by atoms with Gasteiger partial charge in [0.25, 0.3) is 0 Å². The summed E-state index contributed by atoms with van der Waals surface area (Å²) in [5, 5.41) is 0. The molecule has 0 spiro atoms. The van der Waals surface area contributed by atoms with Crippen LogP contribution < -0.4 is 0 Å². The molecular formula is C10H20Cl2O6S2. The van der Waals surface area contributed by atoms with Gasteiger partial charge >= 0.3 is 0 Å². The van der Waals surface area contributed by atoms with Crippen molar-refractivity contribution < 1.29 is 26.3 Å². The molecule has 0 aromatic rings. The molecule has 20 heavy (non-hydrogen) atoms. The van der Waals surface area contributed by atoms with E-state index >= 15 is 0 Å². The first-order chi connectivity index (χ1) is 9.33. The minimum atomic E-state index is -3.14. The number of hydrogen-bond donors (Lipinski definition) is 0. The summed E-state index contributed by atoms with van der Waals surface area (Å²) in [7, 11) is -6.29. The Bertz CT molecular complexity index is 393. The molecule has 6 nitrogen and oxygen atoms in total. The molecule has 0 saturated heterocycles. The Hall–Kier alpha value is 0.400. The van der Waals surface area contributed by atoms with E-state index in [1.807, 2.05) is 0 Å². The molecule has 0 rings (SSSR count). The van der Waals surface area contributed by atoms with Crippen LogP contribution in [0.4, 0.5) is 0 Å². The first-order valence-corrected chi connectivity index (χ1v) is 10.7. The fraction of sp³-hybridized carbons (Fsp3) is 1.00. The summed E-state index contributed by atoms with van der Waals surface area (Å²) < 4.78 is 55.2. The minimum absolute atomic E-state index is 0.0627. The lowest BCUT2D eigenvalue weighted by atomic mass is 10.7. The average Bonchev–Trinajstić information content (AvgIpc) is 2.32. The number of sulfone groups is 2. The molecule has 0 aliphatic carbocycles. The van der Waals surface area contributed by atoms with E-state index in [0.29, 0.717) is 0 Å². The number of hydrogen-bond acceptors (Lipinski definition) is 6. The maximum absolute atomic E-state index is 11.3. The van der Waals surface area contributed by atoms with Crippen molar-refractivity contribution in [3.8, 4) is 0 Å². The molecule has 0 unspecified atom stereocenters. The highest BCUT2D eigenvalue weighted by atomic mass is 35.5. The monoisotopic (exact) mass is 370 g/mol. The third kappa shape index (κ3) is 12.2. The molecular weight excluding hydrogens is 351 g/mol. The summed E-state index contributed by atoms with van der Waals surface area (Å²) in [5.41, 5.74) is 0. The fourth-order valence-corrected chi connectivity index (χ4v) is 4.17. The van der Waals surface area contributed by atoms with Gasteiger partial charge in [-0.1, -0.05) is 0 Å². The first-order valence-electron chi connectivity index (χ1n) is 6.01. The van der Waals surface area contributed by atoms with E-state index in [-0.39, 0.29) is 61.2 Å². The Balaban J connectivity index is 3.51. The van der Waals surface area contributed by atoms with E-state index in [2.05, 4.69) is 0 Å². The van der Waals surface area contributed by atoms with E-state index < -0.39 is 19.7 Å². The second-order valence-corrected chi connectivity index (χ2v) is 9.27. The molecule has 0 aliphatic rings. The van der Waals surface area contributed by atoms with Crippen LogP contribution in [0.2, 0.25) is 0 Å². The molecule has 0 saturated carbocycles. The number of alkyl halides is 2. The van der Waals surface area contributed by atoms with Crippen molar-refractivity contribution in [1.29, 1.82) is 0 Å². The Kier molecular flexibility index (Phi) is 11.3. The van der Waals surface area contributed by atoms with Gasteiger partial charge in [-0.2, -0.15) is 0 Å². The van der Waals surface area contributed by atoms with Crippen molar-refractivity contribution in [2.24, 2.45) is 0 Å². The summed E-state index contributed by atoms with van der Waals surface area (Å²) in [5.74, 6) is -0.141. The zero-order valence-electron chi connectivity index (χ0n) is 11.1. The molecule has 122 valence electrons. The molecule has 0 amide bonds. The Labute approximate surface area is 130 Å². The summed E-state index contributed by atoms with van der Waals surface area (Å²) in [6.45, 7) is 0.582. The molecule has 0 radical (unpaired) electrons. The third-order valence-electron chi connectivity index (χ3n) is 2.23. The zero-order chi connectivity index (χ0) is 15.5. The fourth-order valence-electron chi connectivity index (χ4n) is 1.13. The standard InChI is InChI=1S/C10H20Cl2O6S2/c11-1-7-19(13,14)9-5-17-3-4-18-6-10-20(15,16)8-2-12/h1-10H2. The molecule has 0 heterocycles. The Morgan fingerprint density at radius 1 is 0.600 bits per heavy atom. The molecule has 0 fully saturated rings. The zero-order valence-corrected chi connectivity index (χ0v) is 14.2. The highest BCUT2D eigenvalue weighted by Gasteiger charge is 2.10. The summed E-state index contributed by atoms with van der Waals surface area (Å²) in [6, 6.07) is 0. The molecule has 0 aromatic heterocycles. The van der Waals surface area contributed by atoms with Gasteiger partial charge in [-0.3, -0.25) is 0 Å². The lowest BCUT2D eigenvalue weighted by molar-refractivity contribution is 0.0597. The van der Waals surface area contributed by atoms with E-state index in [9.17, 15) is 16.8 Å². The second-order valence-electron chi connectivity index (χ2n) is 3.91. The maximum Gasteiger partial charge on any atom is 0.153 e.